The van der Waals surface area contributed by atoms with E-state index in [1.165, 1.54) is 96.6 Å². The second kappa shape index (κ2) is 9.38. The Kier molecular flexibility index (Phi) is 7.36. The maximum absolute atomic E-state index is 6.58. The number of rotatable bonds is 4. The molecule has 2 aliphatic carbocycles. The maximum atomic E-state index is 6.58. The van der Waals surface area contributed by atoms with Gasteiger partial charge in [-0.15, -0.1) is 23.2 Å². The Bertz CT molecular complexity index is 413. The molecule has 4 fully saturated rings. The van der Waals surface area contributed by atoms with Crippen LogP contribution in [0, 0.1) is 0 Å². The van der Waals surface area contributed by atoms with Crippen molar-refractivity contribution in [1.82, 2.24) is 9.34 Å². The topological polar surface area (TPSA) is 6.48 Å². The summed E-state index contributed by atoms with van der Waals surface area (Å²) in [5, 5.41) is 0. The largest absolute Gasteiger partial charge is 0.163 e. The molecule has 2 saturated carbocycles. The fourth-order valence-corrected chi connectivity index (χ4v) is 13.8. The average molecular weight is 434 g/mol. The van der Waals surface area contributed by atoms with Crippen LogP contribution in [0.15, 0.2) is 0 Å². The lowest BCUT2D eigenvalue weighted by molar-refractivity contribution is 0.269. The molecule has 4 aliphatic rings. The Labute approximate surface area is 178 Å². The molecule has 0 aromatic heterocycles. The van der Waals surface area contributed by atoms with E-state index < -0.39 is 11.9 Å². The first-order chi connectivity index (χ1) is 13.1. The van der Waals surface area contributed by atoms with Crippen molar-refractivity contribution in [2.45, 2.75) is 112 Å². The predicted molar refractivity (Wildman–Crippen MR) is 121 cm³/mol. The van der Waals surface area contributed by atoms with Gasteiger partial charge in [-0.25, -0.2) is 0 Å². The zero-order valence-electron chi connectivity index (χ0n) is 17.2. The van der Waals surface area contributed by atoms with E-state index >= 15 is 0 Å². The maximum Gasteiger partial charge on any atom is 0.158 e. The van der Waals surface area contributed by atoms with E-state index in [1.54, 1.807) is 0 Å². The van der Waals surface area contributed by atoms with Crippen LogP contribution in [0.5, 0.6) is 0 Å². The van der Waals surface area contributed by atoms with Gasteiger partial charge in [0.15, 0.2) is 7.56 Å². The fraction of sp³-hybridized carbons (Fsp3) is 1.00. The lowest BCUT2D eigenvalue weighted by Crippen LogP contribution is -2.52. The molecule has 4 rings (SSSR count). The van der Waals surface area contributed by atoms with Crippen molar-refractivity contribution in [3.8, 4) is 0 Å². The fourth-order valence-electron chi connectivity index (χ4n) is 6.66. The Morgan fingerprint density at radius 1 is 0.556 bits per heavy atom. The molecule has 2 aliphatic heterocycles. The minimum Gasteiger partial charge on any atom is -0.163 e. The van der Waals surface area contributed by atoms with Crippen molar-refractivity contribution in [3.63, 3.8) is 0 Å². The van der Waals surface area contributed by atoms with Crippen LogP contribution in [0.25, 0.3) is 0 Å². The summed E-state index contributed by atoms with van der Waals surface area (Å²) in [7, 11) is -1.30. The van der Waals surface area contributed by atoms with Gasteiger partial charge in [0.1, 0.15) is 15.7 Å². The zero-order chi connectivity index (χ0) is 18.7. The molecule has 0 unspecified atom stereocenters. The molecule has 5 heteroatoms. The van der Waals surface area contributed by atoms with Gasteiger partial charge >= 0.3 is 0 Å². The highest BCUT2D eigenvalue weighted by Crippen LogP contribution is 2.77. The third kappa shape index (κ3) is 4.51. The van der Waals surface area contributed by atoms with Gasteiger partial charge in [0, 0.05) is 26.2 Å². The first kappa shape index (κ1) is 21.2. The van der Waals surface area contributed by atoms with Crippen LogP contribution in [-0.2, 0) is 0 Å². The molecule has 2 nitrogen and oxygen atoms in total. The second-order valence-corrected chi connectivity index (χ2v) is 15.2. The quantitative estimate of drug-likeness (QED) is 0.340. The Morgan fingerprint density at radius 3 is 1.44 bits per heavy atom. The van der Waals surface area contributed by atoms with Crippen LogP contribution in [-0.4, -0.2) is 51.2 Å². The van der Waals surface area contributed by atoms with Gasteiger partial charge in [0.2, 0.25) is 0 Å². The Morgan fingerprint density at radius 2 is 0.963 bits per heavy atom. The minimum absolute atomic E-state index is 0.479. The Balaban J connectivity index is 1.69. The van der Waals surface area contributed by atoms with Crippen molar-refractivity contribution in [2.75, 3.05) is 26.2 Å². The van der Waals surface area contributed by atoms with E-state index in [2.05, 4.69) is 9.34 Å². The molecule has 0 aromatic rings. The summed E-state index contributed by atoms with van der Waals surface area (Å²) in [5.74, 6) is 0. The lowest BCUT2D eigenvalue weighted by Gasteiger charge is -2.55. The number of piperidine rings is 2. The van der Waals surface area contributed by atoms with E-state index in [-0.39, 0.29) is 0 Å². The molecule has 2 saturated heterocycles. The molecule has 0 atom stereocenters. The lowest BCUT2D eigenvalue weighted by atomic mass is 9.99. The molecule has 2 heterocycles. The first-order valence-corrected chi connectivity index (χ1v) is 14.5. The highest BCUT2D eigenvalue weighted by atomic mass is 35.5. The van der Waals surface area contributed by atoms with E-state index in [1.807, 2.05) is 0 Å². The SMILES string of the molecule is ClC1(Cl)CCN([P+](C2CCCCC2)(C2CCCCC2)N2CCCCC2)CC1. The highest BCUT2D eigenvalue weighted by Gasteiger charge is 2.62. The zero-order valence-corrected chi connectivity index (χ0v) is 19.6. The van der Waals surface area contributed by atoms with E-state index in [0.29, 0.717) is 0 Å². The number of nitrogens with zero attached hydrogens (tertiary/aromatic N) is 2. The van der Waals surface area contributed by atoms with Crippen molar-refractivity contribution in [2.24, 2.45) is 0 Å². The molecule has 27 heavy (non-hydrogen) atoms. The monoisotopic (exact) mass is 433 g/mol. The summed E-state index contributed by atoms with van der Waals surface area (Å²) < 4.78 is 5.67. The molecule has 156 valence electrons. The van der Waals surface area contributed by atoms with Gasteiger partial charge in [0.05, 0.1) is 0 Å². The van der Waals surface area contributed by atoms with Gasteiger partial charge in [-0.2, -0.15) is 9.34 Å². The molecule has 0 radical (unpaired) electrons. The summed E-state index contributed by atoms with van der Waals surface area (Å²) in [6, 6.07) is 0. The van der Waals surface area contributed by atoms with E-state index in [4.69, 9.17) is 23.2 Å². The smallest absolute Gasteiger partial charge is 0.158 e. The average Bonchev–Trinajstić information content (AvgIpc) is 2.72. The second-order valence-electron chi connectivity index (χ2n) is 9.61. The minimum atomic E-state index is -1.30. The van der Waals surface area contributed by atoms with Gasteiger partial charge < -0.3 is 0 Å². The van der Waals surface area contributed by atoms with Crippen LogP contribution in [0.2, 0.25) is 0 Å². The molecule has 0 bridgehead atoms. The Hall–Kier alpha value is 0.930. The van der Waals surface area contributed by atoms with Crippen molar-refractivity contribution >= 4 is 30.8 Å². The number of hydrogen-bond donors (Lipinski definition) is 0. The van der Waals surface area contributed by atoms with Crippen LogP contribution >= 0.6 is 30.8 Å². The first-order valence-electron chi connectivity index (χ1n) is 11.9. The number of alkyl halides is 2. The molecular weight excluding hydrogens is 394 g/mol. The summed E-state index contributed by atoms with van der Waals surface area (Å²) in [6.07, 6.45) is 21.0. The highest BCUT2D eigenvalue weighted by molar-refractivity contribution is 7.72. The van der Waals surface area contributed by atoms with Gasteiger partial charge in [-0.3, -0.25) is 0 Å². The summed E-state index contributed by atoms with van der Waals surface area (Å²) in [5.41, 5.74) is 1.93. The standard InChI is InChI=1S/C22H40Cl2N2P/c23-22(24)14-18-26(19-15-22)27(20-10-4-1-5-11-20,21-12-6-2-7-13-21)25-16-8-3-9-17-25/h20-21H,1-19H2/q+1. The van der Waals surface area contributed by atoms with Crippen LogP contribution in [0.1, 0.15) is 96.3 Å². The molecule has 0 N–H and O–H groups in total. The van der Waals surface area contributed by atoms with Crippen LogP contribution in [0.4, 0.5) is 0 Å². The van der Waals surface area contributed by atoms with Crippen LogP contribution < -0.4 is 0 Å². The molecule has 0 amide bonds. The van der Waals surface area contributed by atoms with Crippen molar-refractivity contribution in [3.05, 3.63) is 0 Å². The van der Waals surface area contributed by atoms with Gasteiger partial charge in [-0.1, -0.05) is 19.3 Å². The summed E-state index contributed by atoms with van der Waals surface area (Å²) in [4.78, 5) is 0. The van der Waals surface area contributed by atoms with E-state index in [9.17, 15) is 0 Å². The third-order valence-electron chi connectivity index (χ3n) is 7.93. The number of halogens is 2. The van der Waals surface area contributed by atoms with Gasteiger partial charge in [0.25, 0.3) is 0 Å². The predicted octanol–water partition coefficient (Wildman–Crippen LogP) is 7.26. The van der Waals surface area contributed by atoms with Crippen molar-refractivity contribution < 1.29 is 0 Å². The van der Waals surface area contributed by atoms with E-state index in [0.717, 1.165) is 37.2 Å². The summed E-state index contributed by atoms with van der Waals surface area (Å²) >= 11 is 13.2. The summed E-state index contributed by atoms with van der Waals surface area (Å²) in [6.45, 7) is 5.02. The molecular formula is C22H40Cl2N2P+. The molecule has 0 spiro atoms. The van der Waals surface area contributed by atoms with Crippen LogP contribution in [0.3, 0.4) is 0 Å². The number of hydrogen-bond acceptors (Lipinski definition) is 2. The van der Waals surface area contributed by atoms with Gasteiger partial charge in [-0.05, 0) is 77.0 Å². The van der Waals surface area contributed by atoms with Crippen molar-refractivity contribution in [1.29, 1.82) is 0 Å². The molecule has 0 aromatic carbocycles. The normalized spacial score (nSPS) is 30.4. The third-order valence-corrected chi connectivity index (χ3v) is 14.5.